The fourth-order valence-electron chi connectivity index (χ4n) is 2.87. The van der Waals surface area contributed by atoms with Gasteiger partial charge in [0.15, 0.2) is 0 Å². The molecule has 1 rings (SSSR count). The second kappa shape index (κ2) is 9.75. The Bertz CT molecular complexity index is 379. The second-order valence-corrected chi connectivity index (χ2v) is 7.17. The number of carbonyl (C=O) groups is 2. The van der Waals surface area contributed by atoms with Gasteiger partial charge in [-0.05, 0) is 52.5 Å². The van der Waals surface area contributed by atoms with Gasteiger partial charge in [-0.15, -0.1) is 0 Å². The molecule has 0 aromatic heterocycles. The molecule has 23 heavy (non-hydrogen) atoms. The molecule has 0 radical (unpaired) electrons. The predicted octanol–water partition coefficient (Wildman–Crippen LogP) is 2.61. The van der Waals surface area contributed by atoms with Crippen LogP contribution in [-0.2, 0) is 14.3 Å². The fourth-order valence-corrected chi connectivity index (χ4v) is 2.87. The molecule has 0 aromatic rings. The summed E-state index contributed by atoms with van der Waals surface area (Å²) in [7, 11) is 1.41. The number of alkyl carbamates (subject to hydrolysis) is 1. The van der Waals surface area contributed by atoms with Gasteiger partial charge in [0.2, 0.25) is 0 Å². The van der Waals surface area contributed by atoms with Gasteiger partial charge < -0.3 is 20.1 Å². The highest BCUT2D eigenvalue weighted by Gasteiger charge is 2.25. The van der Waals surface area contributed by atoms with Gasteiger partial charge in [-0.25, -0.2) is 4.79 Å². The van der Waals surface area contributed by atoms with E-state index in [0.717, 1.165) is 25.8 Å². The summed E-state index contributed by atoms with van der Waals surface area (Å²) < 4.78 is 9.92. The molecule has 6 heteroatoms. The van der Waals surface area contributed by atoms with Crippen molar-refractivity contribution in [3.05, 3.63) is 0 Å². The quantitative estimate of drug-likeness (QED) is 0.555. The Balaban J connectivity index is 2.31. The third-order valence-corrected chi connectivity index (χ3v) is 4.01. The Morgan fingerprint density at radius 3 is 2.52 bits per heavy atom. The molecule has 0 spiro atoms. The van der Waals surface area contributed by atoms with E-state index in [4.69, 9.17) is 4.74 Å². The highest BCUT2D eigenvalue weighted by Crippen LogP contribution is 2.24. The van der Waals surface area contributed by atoms with E-state index in [1.807, 2.05) is 20.8 Å². The first-order valence-corrected chi connectivity index (χ1v) is 8.59. The van der Waals surface area contributed by atoms with Gasteiger partial charge in [0, 0.05) is 19.0 Å². The van der Waals surface area contributed by atoms with Gasteiger partial charge in [-0.2, -0.15) is 0 Å². The lowest BCUT2D eigenvalue weighted by atomic mass is 9.84. The average Bonchev–Trinajstić information content (AvgIpc) is 2.48. The topological polar surface area (TPSA) is 76.7 Å². The number of ether oxygens (including phenoxy) is 2. The van der Waals surface area contributed by atoms with E-state index in [9.17, 15) is 9.59 Å². The van der Waals surface area contributed by atoms with Crippen molar-refractivity contribution >= 4 is 12.1 Å². The lowest BCUT2D eigenvalue weighted by molar-refractivity contribution is -0.140. The van der Waals surface area contributed by atoms with Gasteiger partial charge in [0.1, 0.15) is 5.60 Å². The zero-order chi connectivity index (χ0) is 17.3. The third-order valence-electron chi connectivity index (χ3n) is 4.01. The zero-order valence-electron chi connectivity index (χ0n) is 14.9. The molecule has 2 atom stereocenters. The van der Waals surface area contributed by atoms with Gasteiger partial charge in [-0.3, -0.25) is 4.79 Å². The number of esters is 1. The number of amides is 1. The van der Waals surface area contributed by atoms with Crippen molar-refractivity contribution in [3.8, 4) is 0 Å². The van der Waals surface area contributed by atoms with E-state index < -0.39 is 5.60 Å². The van der Waals surface area contributed by atoms with Crippen LogP contribution in [-0.4, -0.2) is 43.9 Å². The number of methoxy groups -OCH3 is 1. The summed E-state index contributed by atoms with van der Waals surface area (Å²) in [5, 5.41) is 6.40. The summed E-state index contributed by atoms with van der Waals surface area (Å²) in [6, 6.07) is 0.385. The van der Waals surface area contributed by atoms with Gasteiger partial charge in [-0.1, -0.05) is 12.8 Å². The molecule has 134 valence electrons. The Kier molecular flexibility index (Phi) is 8.37. The minimum atomic E-state index is -0.470. The lowest BCUT2D eigenvalue weighted by Gasteiger charge is -2.32. The maximum absolute atomic E-state index is 11.8. The highest BCUT2D eigenvalue weighted by atomic mass is 16.6. The molecule has 2 unspecified atom stereocenters. The molecule has 0 aromatic carbocycles. The van der Waals surface area contributed by atoms with Crippen LogP contribution in [0.4, 0.5) is 4.79 Å². The van der Waals surface area contributed by atoms with E-state index in [1.54, 1.807) is 0 Å². The number of hydrogen-bond acceptors (Lipinski definition) is 5. The first-order chi connectivity index (χ1) is 10.8. The van der Waals surface area contributed by atoms with Crippen molar-refractivity contribution in [2.24, 2.45) is 5.92 Å². The molecule has 0 saturated heterocycles. The van der Waals surface area contributed by atoms with E-state index in [1.165, 1.54) is 20.0 Å². The summed E-state index contributed by atoms with van der Waals surface area (Å²) in [5.74, 6) is 0.244. The highest BCUT2D eigenvalue weighted by molar-refractivity contribution is 5.69. The Morgan fingerprint density at radius 2 is 1.87 bits per heavy atom. The van der Waals surface area contributed by atoms with Crippen molar-refractivity contribution in [3.63, 3.8) is 0 Å². The lowest BCUT2D eigenvalue weighted by Crippen LogP contribution is -2.45. The fraction of sp³-hybridized carbons (Fsp3) is 0.882. The van der Waals surface area contributed by atoms with E-state index in [2.05, 4.69) is 15.4 Å². The summed E-state index contributed by atoms with van der Waals surface area (Å²) in [6.07, 6.45) is 5.47. The Labute approximate surface area is 139 Å². The standard InChI is InChI=1S/C17H32N2O4/c1-17(2,3)23-16(21)19-12-13-8-5-6-9-14(13)18-11-7-10-15(20)22-4/h13-14,18H,5-12H2,1-4H3,(H,19,21). The maximum Gasteiger partial charge on any atom is 0.407 e. The minimum absolute atomic E-state index is 0.168. The molecule has 0 aliphatic heterocycles. The summed E-state index contributed by atoms with van der Waals surface area (Å²) in [6.45, 7) is 7.00. The number of hydrogen-bond donors (Lipinski definition) is 2. The number of nitrogens with one attached hydrogen (secondary N) is 2. The van der Waals surface area contributed by atoms with Crippen LogP contribution in [0.25, 0.3) is 0 Å². The smallest absolute Gasteiger partial charge is 0.407 e. The van der Waals surface area contributed by atoms with Crippen molar-refractivity contribution in [2.75, 3.05) is 20.2 Å². The monoisotopic (exact) mass is 328 g/mol. The Hall–Kier alpha value is -1.30. The summed E-state index contributed by atoms with van der Waals surface area (Å²) in [4.78, 5) is 22.9. The van der Waals surface area contributed by atoms with Crippen LogP contribution >= 0.6 is 0 Å². The zero-order valence-corrected chi connectivity index (χ0v) is 14.9. The maximum atomic E-state index is 11.8. The second-order valence-electron chi connectivity index (χ2n) is 7.17. The molecule has 1 aliphatic rings. The minimum Gasteiger partial charge on any atom is -0.469 e. The Morgan fingerprint density at radius 1 is 1.17 bits per heavy atom. The first-order valence-electron chi connectivity index (χ1n) is 8.59. The van der Waals surface area contributed by atoms with Gasteiger partial charge in [0.05, 0.1) is 7.11 Å². The molecule has 0 bridgehead atoms. The molecule has 1 fully saturated rings. The molecule has 0 heterocycles. The van der Waals surface area contributed by atoms with Gasteiger partial charge >= 0.3 is 12.1 Å². The molecule has 1 amide bonds. The molecule has 1 saturated carbocycles. The molecule has 1 aliphatic carbocycles. The average molecular weight is 328 g/mol. The van der Waals surface area contributed by atoms with Crippen LogP contribution in [0, 0.1) is 5.92 Å². The normalized spacial score (nSPS) is 21.6. The van der Waals surface area contributed by atoms with Crippen LogP contribution in [0.5, 0.6) is 0 Å². The largest absolute Gasteiger partial charge is 0.469 e. The van der Waals surface area contributed by atoms with Gasteiger partial charge in [0.25, 0.3) is 0 Å². The van der Waals surface area contributed by atoms with Crippen LogP contribution in [0.1, 0.15) is 59.3 Å². The molecule has 6 nitrogen and oxygen atoms in total. The third kappa shape index (κ3) is 8.79. The van der Waals surface area contributed by atoms with Crippen molar-refractivity contribution in [2.45, 2.75) is 70.9 Å². The first kappa shape index (κ1) is 19.7. The number of rotatable bonds is 7. The molecular formula is C17H32N2O4. The summed E-state index contributed by atoms with van der Waals surface area (Å²) in [5.41, 5.74) is -0.470. The van der Waals surface area contributed by atoms with Crippen molar-refractivity contribution in [1.82, 2.24) is 10.6 Å². The van der Waals surface area contributed by atoms with E-state index in [0.29, 0.717) is 24.9 Å². The molecular weight excluding hydrogens is 296 g/mol. The van der Waals surface area contributed by atoms with Crippen LogP contribution in [0.3, 0.4) is 0 Å². The summed E-state index contributed by atoms with van der Waals surface area (Å²) >= 11 is 0. The van der Waals surface area contributed by atoms with Crippen LogP contribution in [0.15, 0.2) is 0 Å². The van der Waals surface area contributed by atoms with E-state index in [-0.39, 0.29) is 12.1 Å². The van der Waals surface area contributed by atoms with Crippen LogP contribution < -0.4 is 10.6 Å². The SMILES string of the molecule is COC(=O)CCCNC1CCCCC1CNC(=O)OC(C)(C)C. The van der Waals surface area contributed by atoms with E-state index >= 15 is 0 Å². The number of carbonyl (C=O) groups excluding carboxylic acids is 2. The molecule has 2 N–H and O–H groups in total. The predicted molar refractivity (Wildman–Crippen MR) is 89.2 cm³/mol. The van der Waals surface area contributed by atoms with Crippen molar-refractivity contribution in [1.29, 1.82) is 0 Å². The van der Waals surface area contributed by atoms with Crippen LogP contribution in [0.2, 0.25) is 0 Å². The van der Waals surface area contributed by atoms with Crippen molar-refractivity contribution < 1.29 is 19.1 Å².